The van der Waals surface area contributed by atoms with Gasteiger partial charge in [0.25, 0.3) is 5.89 Å². The Morgan fingerprint density at radius 2 is 2.10 bits per heavy atom. The van der Waals surface area contributed by atoms with Crippen LogP contribution in [0.15, 0.2) is 59.5 Å². The van der Waals surface area contributed by atoms with E-state index in [1.54, 1.807) is 17.0 Å². The molecule has 0 saturated heterocycles. The summed E-state index contributed by atoms with van der Waals surface area (Å²) in [7, 11) is 0. The number of rotatable bonds is 3. The van der Waals surface area contributed by atoms with Gasteiger partial charge in [0.1, 0.15) is 11.7 Å². The molecule has 0 fully saturated rings. The van der Waals surface area contributed by atoms with E-state index in [1.165, 1.54) is 0 Å². The van der Waals surface area contributed by atoms with Gasteiger partial charge in [0.05, 0.1) is 28.3 Å². The van der Waals surface area contributed by atoms with E-state index in [4.69, 9.17) is 21.1 Å². The first-order valence-electron chi connectivity index (χ1n) is 9.45. The van der Waals surface area contributed by atoms with Crippen LogP contribution in [0, 0.1) is 0 Å². The molecule has 0 aromatic carbocycles. The topological polar surface area (TPSA) is 101 Å². The molecule has 1 atom stereocenters. The van der Waals surface area contributed by atoms with E-state index < -0.39 is 0 Å². The maximum atomic E-state index is 6.37. The Morgan fingerprint density at radius 1 is 1.13 bits per heavy atom. The van der Waals surface area contributed by atoms with Crippen LogP contribution in [0.5, 0.6) is 0 Å². The lowest BCUT2D eigenvalue weighted by Gasteiger charge is -2.32. The largest absolute Gasteiger partial charge is 0.402 e. The molecule has 1 N–H and O–H groups in total. The molecule has 0 bridgehead atoms. The fraction of sp³-hybridized carbons (Fsp3) is 0.150. The zero-order chi connectivity index (χ0) is 20.1. The number of halogens is 1. The average Bonchev–Trinajstić information content (AvgIpc) is 3.52. The summed E-state index contributed by atoms with van der Waals surface area (Å²) < 4.78 is 7.76. The molecule has 10 heteroatoms. The van der Waals surface area contributed by atoms with Crippen molar-refractivity contribution in [3.8, 4) is 11.6 Å². The summed E-state index contributed by atoms with van der Waals surface area (Å²) in [4.78, 5) is 14.1. The van der Waals surface area contributed by atoms with Gasteiger partial charge in [0.2, 0.25) is 0 Å². The molecule has 30 heavy (non-hydrogen) atoms. The number of fused-ring (bicyclic) bond motifs is 2. The average molecular weight is 419 g/mol. The Balaban J connectivity index is 1.46. The van der Waals surface area contributed by atoms with Crippen molar-refractivity contribution in [1.82, 2.24) is 34.8 Å². The lowest BCUT2D eigenvalue weighted by atomic mass is 10.0. The van der Waals surface area contributed by atoms with Crippen LogP contribution in [0.2, 0.25) is 5.02 Å². The molecule has 0 spiro atoms. The Hall–Kier alpha value is -3.72. The van der Waals surface area contributed by atoms with E-state index in [0.29, 0.717) is 29.2 Å². The van der Waals surface area contributed by atoms with Crippen molar-refractivity contribution in [2.24, 2.45) is 0 Å². The van der Waals surface area contributed by atoms with Gasteiger partial charge in [-0.05, 0) is 30.3 Å². The van der Waals surface area contributed by atoms with Crippen LogP contribution < -0.4 is 4.90 Å². The van der Waals surface area contributed by atoms with E-state index in [9.17, 15) is 0 Å². The van der Waals surface area contributed by atoms with Gasteiger partial charge in [-0.25, -0.2) is 9.50 Å². The monoisotopic (exact) mass is 418 g/mol. The summed E-state index contributed by atoms with van der Waals surface area (Å²) >= 11 is 6.37. The number of nitrogens with one attached hydrogen (secondary N) is 1. The lowest BCUT2D eigenvalue weighted by molar-refractivity contribution is 0.502. The zero-order valence-corrected chi connectivity index (χ0v) is 16.4. The molecule has 148 valence electrons. The number of H-pyrrole nitrogens is 1. The van der Waals surface area contributed by atoms with E-state index in [2.05, 4.69) is 25.1 Å². The molecule has 5 aromatic rings. The standard InChI is InChI=1S/C20H15ClN8O/c21-12-4-3-8-29-16(12)10-15(27-29)18-17-13(23-11-24-17)6-9-28(18)20-26-25-19(30-20)14-5-1-2-7-22-14/h1-5,7-8,10-11,18H,6,9H2,(H,23,24). The Morgan fingerprint density at radius 3 is 2.97 bits per heavy atom. The van der Waals surface area contributed by atoms with Gasteiger partial charge in [0.15, 0.2) is 0 Å². The number of nitrogens with zero attached hydrogens (tertiary/aromatic N) is 7. The summed E-state index contributed by atoms with van der Waals surface area (Å²) in [5.74, 6) is 0.371. The number of anilines is 1. The summed E-state index contributed by atoms with van der Waals surface area (Å²) in [6.07, 6.45) is 6.05. The maximum Gasteiger partial charge on any atom is 0.319 e. The highest BCUT2D eigenvalue weighted by Crippen LogP contribution is 2.37. The minimum Gasteiger partial charge on any atom is -0.402 e. The predicted octanol–water partition coefficient (Wildman–Crippen LogP) is 3.31. The van der Waals surface area contributed by atoms with E-state index >= 15 is 0 Å². The summed E-state index contributed by atoms with van der Waals surface area (Å²) in [6.45, 7) is 0.672. The second kappa shape index (κ2) is 6.67. The number of hydrogen-bond acceptors (Lipinski definition) is 7. The molecule has 1 aliphatic rings. The van der Waals surface area contributed by atoms with Crippen LogP contribution in [0.4, 0.5) is 6.01 Å². The number of imidazole rings is 1. The van der Waals surface area contributed by atoms with Gasteiger partial charge in [-0.3, -0.25) is 4.98 Å². The molecule has 9 nitrogen and oxygen atoms in total. The first-order chi connectivity index (χ1) is 14.8. The van der Waals surface area contributed by atoms with Crippen molar-refractivity contribution in [3.05, 3.63) is 77.2 Å². The molecule has 6 rings (SSSR count). The smallest absolute Gasteiger partial charge is 0.319 e. The molecule has 0 aliphatic carbocycles. The van der Waals surface area contributed by atoms with E-state index in [-0.39, 0.29) is 6.04 Å². The highest BCUT2D eigenvalue weighted by atomic mass is 35.5. The van der Waals surface area contributed by atoms with E-state index in [0.717, 1.165) is 29.0 Å². The number of hydrogen-bond donors (Lipinski definition) is 1. The van der Waals surface area contributed by atoms with Gasteiger partial charge in [-0.1, -0.05) is 22.8 Å². The number of aromatic amines is 1. The van der Waals surface area contributed by atoms with Crippen LogP contribution >= 0.6 is 11.6 Å². The minimum absolute atomic E-state index is 0.284. The first-order valence-corrected chi connectivity index (χ1v) is 9.83. The molecule has 0 radical (unpaired) electrons. The third-order valence-electron chi connectivity index (χ3n) is 5.22. The van der Waals surface area contributed by atoms with Crippen molar-refractivity contribution in [2.45, 2.75) is 12.5 Å². The molecule has 1 aliphatic heterocycles. The van der Waals surface area contributed by atoms with Crippen LogP contribution in [-0.2, 0) is 6.42 Å². The summed E-state index contributed by atoms with van der Waals surface area (Å²) in [5.41, 5.74) is 4.22. The van der Waals surface area contributed by atoms with Crippen molar-refractivity contribution >= 4 is 23.1 Å². The highest BCUT2D eigenvalue weighted by Gasteiger charge is 2.36. The second-order valence-electron chi connectivity index (χ2n) is 6.97. The first kappa shape index (κ1) is 17.2. The minimum atomic E-state index is -0.284. The predicted molar refractivity (Wildman–Crippen MR) is 109 cm³/mol. The van der Waals surface area contributed by atoms with Crippen molar-refractivity contribution in [3.63, 3.8) is 0 Å². The SMILES string of the molecule is Clc1cccn2nc(C3c4nc[nH]c4CCN3c3nnc(-c4ccccn4)o3)cc12. The quantitative estimate of drug-likeness (QED) is 0.479. The molecular formula is C20H15ClN8O. The van der Waals surface area contributed by atoms with Gasteiger partial charge in [0, 0.05) is 31.1 Å². The van der Waals surface area contributed by atoms with Gasteiger partial charge in [-0.15, -0.1) is 5.10 Å². The zero-order valence-electron chi connectivity index (χ0n) is 15.6. The normalized spacial score (nSPS) is 16.2. The van der Waals surface area contributed by atoms with Crippen LogP contribution in [0.1, 0.15) is 23.1 Å². The number of pyridine rings is 2. The van der Waals surface area contributed by atoms with Crippen molar-refractivity contribution in [1.29, 1.82) is 0 Å². The molecule has 1 unspecified atom stereocenters. The maximum absolute atomic E-state index is 6.37. The van der Waals surface area contributed by atoms with Crippen LogP contribution in [0.25, 0.3) is 17.1 Å². The molecule has 6 heterocycles. The number of aromatic nitrogens is 7. The van der Waals surface area contributed by atoms with Gasteiger partial charge in [-0.2, -0.15) is 5.10 Å². The Kier molecular flexibility index (Phi) is 3.81. The summed E-state index contributed by atoms with van der Waals surface area (Å²) in [6, 6.07) is 11.4. The molecule has 0 saturated carbocycles. The fourth-order valence-electron chi connectivity index (χ4n) is 3.84. The second-order valence-corrected chi connectivity index (χ2v) is 7.38. The molecule has 5 aromatic heterocycles. The highest BCUT2D eigenvalue weighted by molar-refractivity contribution is 6.33. The van der Waals surface area contributed by atoms with Crippen molar-refractivity contribution in [2.75, 3.05) is 11.4 Å². The van der Waals surface area contributed by atoms with Crippen LogP contribution in [-0.4, -0.2) is 41.3 Å². The Bertz CT molecular complexity index is 1340. The molecular weight excluding hydrogens is 404 g/mol. The Labute approximate surface area is 175 Å². The third kappa shape index (κ3) is 2.66. The summed E-state index contributed by atoms with van der Waals surface area (Å²) in [5, 5.41) is 13.9. The fourth-order valence-corrected chi connectivity index (χ4v) is 4.05. The van der Waals surface area contributed by atoms with Crippen molar-refractivity contribution < 1.29 is 4.42 Å². The van der Waals surface area contributed by atoms with Gasteiger partial charge >= 0.3 is 6.01 Å². The van der Waals surface area contributed by atoms with E-state index in [1.807, 2.05) is 47.5 Å². The van der Waals surface area contributed by atoms with Gasteiger partial charge < -0.3 is 14.3 Å². The third-order valence-corrected chi connectivity index (χ3v) is 5.54. The van der Waals surface area contributed by atoms with Crippen LogP contribution in [0.3, 0.4) is 0 Å². The lowest BCUT2D eigenvalue weighted by Crippen LogP contribution is -2.36. The molecule has 0 amide bonds.